The number of aryl methyl sites for hydroxylation is 1. The van der Waals surface area contributed by atoms with E-state index in [4.69, 9.17) is 4.74 Å². The summed E-state index contributed by atoms with van der Waals surface area (Å²) in [7, 11) is 1.51. The molecule has 1 saturated carbocycles. The zero-order valence-corrected chi connectivity index (χ0v) is 10.3. The fourth-order valence-corrected chi connectivity index (χ4v) is 2.71. The highest BCUT2D eigenvalue weighted by molar-refractivity contribution is 9.10. The second-order valence-electron chi connectivity index (χ2n) is 3.96. The first-order valence-corrected chi connectivity index (χ1v) is 5.58. The fraction of sp³-hybridized carbons (Fsp3) is 0.455. The summed E-state index contributed by atoms with van der Waals surface area (Å²) >= 11 is 3.31. The Balaban J connectivity index is 2.61. The van der Waals surface area contributed by atoms with Crippen LogP contribution in [0.1, 0.15) is 24.0 Å². The zero-order valence-electron chi connectivity index (χ0n) is 8.67. The van der Waals surface area contributed by atoms with Gasteiger partial charge in [-0.25, -0.2) is 0 Å². The largest absolute Gasteiger partial charge is 0.503 e. The second kappa shape index (κ2) is 3.39. The van der Waals surface area contributed by atoms with E-state index in [1.807, 2.05) is 6.92 Å². The smallest absolute Gasteiger partial charge is 0.172 e. The summed E-state index contributed by atoms with van der Waals surface area (Å²) in [6.45, 7) is 1.90. The summed E-state index contributed by atoms with van der Waals surface area (Å²) in [5.74, 6) is 0.478. The third-order valence-electron chi connectivity index (χ3n) is 2.81. The highest BCUT2D eigenvalue weighted by atomic mass is 79.9. The van der Waals surface area contributed by atoms with Gasteiger partial charge in [-0.05, 0) is 47.3 Å². The van der Waals surface area contributed by atoms with Crippen molar-refractivity contribution in [3.05, 3.63) is 21.7 Å². The van der Waals surface area contributed by atoms with E-state index in [2.05, 4.69) is 15.9 Å². The molecule has 0 atom stereocenters. The Morgan fingerprint density at radius 3 is 2.53 bits per heavy atom. The topological polar surface area (TPSA) is 49.7 Å². The first-order chi connectivity index (χ1) is 6.99. The van der Waals surface area contributed by atoms with Crippen molar-refractivity contribution in [2.24, 2.45) is 0 Å². The number of rotatable bonds is 2. The molecule has 1 aromatic carbocycles. The molecule has 0 saturated heterocycles. The molecule has 0 unspecified atom stereocenters. The van der Waals surface area contributed by atoms with Gasteiger partial charge in [-0.2, -0.15) is 0 Å². The molecule has 15 heavy (non-hydrogen) atoms. The molecule has 0 heterocycles. The molecule has 2 N–H and O–H groups in total. The zero-order chi connectivity index (χ0) is 11.2. The Labute approximate surface area is 96.8 Å². The van der Waals surface area contributed by atoms with Crippen LogP contribution in [0.15, 0.2) is 10.5 Å². The predicted octanol–water partition coefficient (Wildman–Crippen LogP) is 2.45. The maximum absolute atomic E-state index is 10.1. The summed E-state index contributed by atoms with van der Waals surface area (Å²) in [6.07, 6.45) is 1.50. The van der Waals surface area contributed by atoms with Crippen LogP contribution in [0.3, 0.4) is 0 Å². The molecule has 82 valence electrons. The number of aromatic hydroxyl groups is 1. The van der Waals surface area contributed by atoms with Gasteiger partial charge in [-0.1, -0.05) is 0 Å². The third-order valence-corrected chi connectivity index (χ3v) is 3.58. The molecule has 2 rings (SSSR count). The maximum Gasteiger partial charge on any atom is 0.172 e. The highest BCUT2D eigenvalue weighted by Crippen LogP contribution is 2.52. The lowest BCUT2D eigenvalue weighted by molar-refractivity contribution is 0.149. The van der Waals surface area contributed by atoms with E-state index in [0.717, 1.165) is 24.0 Å². The Morgan fingerprint density at radius 2 is 2.07 bits per heavy atom. The molecule has 1 fully saturated rings. The van der Waals surface area contributed by atoms with Crippen molar-refractivity contribution in [1.82, 2.24) is 0 Å². The Bertz CT molecular complexity index is 411. The number of phenols is 1. The minimum atomic E-state index is -0.757. The van der Waals surface area contributed by atoms with Crippen LogP contribution in [0.25, 0.3) is 0 Å². The Kier molecular flexibility index (Phi) is 2.43. The van der Waals surface area contributed by atoms with Crippen LogP contribution in [-0.2, 0) is 5.60 Å². The quantitative estimate of drug-likeness (QED) is 0.870. The molecule has 0 aromatic heterocycles. The number of ether oxygens (including phenoxy) is 1. The van der Waals surface area contributed by atoms with Gasteiger partial charge in [0.2, 0.25) is 0 Å². The van der Waals surface area contributed by atoms with Gasteiger partial charge < -0.3 is 14.9 Å². The van der Waals surface area contributed by atoms with Gasteiger partial charge in [-0.3, -0.25) is 0 Å². The lowest BCUT2D eigenvalue weighted by atomic mass is 10.0. The first-order valence-electron chi connectivity index (χ1n) is 4.78. The van der Waals surface area contributed by atoms with E-state index in [9.17, 15) is 10.2 Å². The van der Waals surface area contributed by atoms with Gasteiger partial charge in [0.1, 0.15) is 0 Å². The predicted molar refractivity (Wildman–Crippen MR) is 60.2 cm³/mol. The van der Waals surface area contributed by atoms with Crippen LogP contribution in [-0.4, -0.2) is 17.3 Å². The van der Waals surface area contributed by atoms with Gasteiger partial charge in [0.05, 0.1) is 17.2 Å². The van der Waals surface area contributed by atoms with Crippen molar-refractivity contribution in [3.8, 4) is 11.5 Å². The van der Waals surface area contributed by atoms with Crippen LogP contribution in [0, 0.1) is 6.92 Å². The van der Waals surface area contributed by atoms with Crippen molar-refractivity contribution < 1.29 is 14.9 Å². The second-order valence-corrected chi connectivity index (χ2v) is 4.76. The van der Waals surface area contributed by atoms with Gasteiger partial charge in [0.15, 0.2) is 11.5 Å². The van der Waals surface area contributed by atoms with Gasteiger partial charge in [0.25, 0.3) is 0 Å². The third kappa shape index (κ3) is 1.62. The maximum atomic E-state index is 10.1. The number of halogens is 1. The van der Waals surface area contributed by atoms with E-state index in [1.54, 1.807) is 6.07 Å². The molecule has 0 bridgehead atoms. The molecule has 1 aliphatic carbocycles. The lowest BCUT2D eigenvalue weighted by Gasteiger charge is -2.17. The molecule has 3 nitrogen and oxygen atoms in total. The van der Waals surface area contributed by atoms with Crippen LogP contribution in [0.2, 0.25) is 0 Å². The van der Waals surface area contributed by atoms with Crippen molar-refractivity contribution in [2.75, 3.05) is 7.11 Å². The molecule has 1 aliphatic rings. The molecular formula is C11H13BrO3. The molecule has 0 aliphatic heterocycles. The number of methoxy groups -OCH3 is 1. The van der Waals surface area contributed by atoms with Crippen LogP contribution >= 0.6 is 15.9 Å². The number of benzene rings is 1. The average Bonchev–Trinajstić information content (AvgIpc) is 2.91. The number of aliphatic hydroxyl groups is 1. The standard InChI is InChI=1S/C11H13BrO3/c1-6-5-7(15-2)10(13)9(12)8(6)11(14)3-4-11/h5,13-14H,3-4H2,1-2H3. The molecule has 1 aromatic rings. The summed E-state index contributed by atoms with van der Waals surface area (Å²) in [4.78, 5) is 0. The molecule has 0 amide bonds. The monoisotopic (exact) mass is 272 g/mol. The number of phenolic OH excluding ortho intramolecular Hbond substituents is 1. The van der Waals surface area contributed by atoms with E-state index in [0.29, 0.717) is 10.2 Å². The Morgan fingerprint density at radius 1 is 1.47 bits per heavy atom. The summed E-state index contributed by atoms with van der Waals surface area (Å²) < 4.78 is 5.57. The minimum absolute atomic E-state index is 0.0541. The Hall–Kier alpha value is -0.740. The van der Waals surface area contributed by atoms with E-state index in [1.165, 1.54) is 7.11 Å². The molecular weight excluding hydrogens is 260 g/mol. The first kappa shape index (κ1) is 10.8. The average molecular weight is 273 g/mol. The van der Waals surface area contributed by atoms with Crippen molar-refractivity contribution >= 4 is 15.9 Å². The summed E-state index contributed by atoms with van der Waals surface area (Å²) in [5, 5.41) is 19.9. The minimum Gasteiger partial charge on any atom is -0.503 e. The van der Waals surface area contributed by atoms with Crippen LogP contribution in [0.4, 0.5) is 0 Å². The normalized spacial score (nSPS) is 17.6. The fourth-order valence-electron chi connectivity index (χ4n) is 1.83. The van der Waals surface area contributed by atoms with Crippen molar-refractivity contribution in [3.63, 3.8) is 0 Å². The van der Waals surface area contributed by atoms with E-state index < -0.39 is 5.60 Å². The lowest BCUT2D eigenvalue weighted by Crippen LogP contribution is -2.08. The molecule has 0 spiro atoms. The van der Waals surface area contributed by atoms with Crippen molar-refractivity contribution in [2.45, 2.75) is 25.4 Å². The van der Waals surface area contributed by atoms with Gasteiger partial charge >= 0.3 is 0 Å². The van der Waals surface area contributed by atoms with E-state index in [-0.39, 0.29) is 5.75 Å². The SMILES string of the molecule is COc1cc(C)c(C2(O)CC2)c(Br)c1O. The number of hydrogen-bond donors (Lipinski definition) is 2. The van der Waals surface area contributed by atoms with Crippen LogP contribution in [0.5, 0.6) is 11.5 Å². The molecule has 4 heteroatoms. The van der Waals surface area contributed by atoms with Crippen LogP contribution < -0.4 is 4.74 Å². The highest BCUT2D eigenvalue weighted by Gasteiger charge is 2.45. The summed E-state index contributed by atoms with van der Waals surface area (Å²) in [6, 6.07) is 1.74. The van der Waals surface area contributed by atoms with Crippen molar-refractivity contribution in [1.29, 1.82) is 0 Å². The van der Waals surface area contributed by atoms with E-state index >= 15 is 0 Å². The summed E-state index contributed by atoms with van der Waals surface area (Å²) in [5.41, 5.74) is 0.949. The van der Waals surface area contributed by atoms with Gasteiger partial charge in [0, 0.05) is 5.56 Å². The van der Waals surface area contributed by atoms with Gasteiger partial charge in [-0.15, -0.1) is 0 Å². The number of hydrogen-bond acceptors (Lipinski definition) is 3. The molecule has 0 radical (unpaired) electrons.